The van der Waals surface area contributed by atoms with Crippen LogP contribution < -0.4 is 11.1 Å². The van der Waals surface area contributed by atoms with E-state index in [0.29, 0.717) is 19.7 Å². The van der Waals surface area contributed by atoms with Crippen molar-refractivity contribution in [2.24, 2.45) is 11.7 Å². The summed E-state index contributed by atoms with van der Waals surface area (Å²) in [5.74, 6) is 0.756. The monoisotopic (exact) mass is 291 g/mol. The van der Waals surface area contributed by atoms with Gasteiger partial charge in [-0.3, -0.25) is 9.69 Å². The zero-order valence-electron chi connectivity index (χ0n) is 12.7. The van der Waals surface area contributed by atoms with Gasteiger partial charge in [-0.1, -0.05) is 18.2 Å². The molecule has 2 rings (SSSR count). The zero-order valence-corrected chi connectivity index (χ0v) is 12.7. The van der Waals surface area contributed by atoms with Crippen LogP contribution >= 0.6 is 0 Å². The smallest absolute Gasteiger partial charge is 0.238 e. The van der Waals surface area contributed by atoms with Crippen molar-refractivity contribution >= 4 is 11.6 Å². The van der Waals surface area contributed by atoms with Gasteiger partial charge >= 0.3 is 0 Å². The Balaban J connectivity index is 1.67. The van der Waals surface area contributed by atoms with E-state index in [2.05, 4.69) is 5.32 Å². The highest BCUT2D eigenvalue weighted by Gasteiger charge is 2.21. The van der Waals surface area contributed by atoms with Crippen molar-refractivity contribution in [2.45, 2.75) is 19.4 Å². The van der Waals surface area contributed by atoms with Crippen LogP contribution in [0, 0.1) is 5.92 Å². The van der Waals surface area contributed by atoms with E-state index in [9.17, 15) is 4.79 Å². The number of rotatable bonds is 9. The number of ether oxygens (including phenoxy) is 1. The van der Waals surface area contributed by atoms with Crippen LogP contribution in [0.1, 0.15) is 18.4 Å². The summed E-state index contributed by atoms with van der Waals surface area (Å²) in [6.07, 6.45) is 2.61. The van der Waals surface area contributed by atoms with Crippen molar-refractivity contribution in [1.29, 1.82) is 0 Å². The number of hydrogen-bond donors (Lipinski definition) is 2. The molecule has 0 saturated heterocycles. The van der Waals surface area contributed by atoms with Crippen molar-refractivity contribution < 1.29 is 9.53 Å². The van der Waals surface area contributed by atoms with E-state index < -0.39 is 0 Å². The molecule has 1 amide bonds. The molecule has 0 aromatic heterocycles. The summed E-state index contributed by atoms with van der Waals surface area (Å²) in [4.78, 5) is 14.0. The second kappa shape index (κ2) is 8.12. The summed E-state index contributed by atoms with van der Waals surface area (Å²) >= 11 is 0. The number of likely N-dealkylation sites (N-methyl/N-ethyl adjacent to an activating group) is 1. The number of nitrogens with two attached hydrogens (primary N) is 1. The molecule has 1 fully saturated rings. The third-order valence-electron chi connectivity index (χ3n) is 3.59. The molecule has 1 aliphatic carbocycles. The van der Waals surface area contributed by atoms with Crippen molar-refractivity contribution in [3.8, 4) is 0 Å². The molecule has 0 aliphatic heterocycles. The molecule has 1 aliphatic rings. The molecule has 5 nitrogen and oxygen atoms in total. The minimum Gasteiger partial charge on any atom is -0.380 e. The number of carbonyl (C=O) groups excluding carboxylic acids is 1. The fourth-order valence-corrected chi connectivity index (χ4v) is 2.09. The van der Waals surface area contributed by atoms with Gasteiger partial charge in [0.2, 0.25) is 5.91 Å². The van der Waals surface area contributed by atoms with E-state index in [-0.39, 0.29) is 5.91 Å². The Morgan fingerprint density at radius 3 is 2.90 bits per heavy atom. The number of anilines is 1. The van der Waals surface area contributed by atoms with Gasteiger partial charge in [-0.05, 0) is 37.4 Å². The van der Waals surface area contributed by atoms with Crippen LogP contribution in [0.2, 0.25) is 0 Å². The Kier molecular flexibility index (Phi) is 6.17. The first-order chi connectivity index (χ1) is 10.2. The normalized spacial score (nSPS) is 14.4. The minimum absolute atomic E-state index is 0.0272. The summed E-state index contributed by atoms with van der Waals surface area (Å²) < 4.78 is 5.57. The van der Waals surface area contributed by atoms with Gasteiger partial charge in [-0.15, -0.1) is 0 Å². The SMILES string of the molecule is CN(CCOCC1CC1)CC(=O)Nc1ccccc1CN. The quantitative estimate of drug-likeness (QED) is 0.676. The van der Waals surface area contributed by atoms with Crippen LogP contribution in [0.4, 0.5) is 5.69 Å². The van der Waals surface area contributed by atoms with Crippen LogP contribution in [0.25, 0.3) is 0 Å². The molecule has 5 heteroatoms. The Hall–Kier alpha value is -1.43. The number of amides is 1. The predicted octanol–water partition coefficient (Wildman–Crippen LogP) is 1.44. The van der Waals surface area contributed by atoms with Gasteiger partial charge in [0, 0.05) is 25.4 Å². The molecule has 0 bridgehead atoms. The lowest BCUT2D eigenvalue weighted by molar-refractivity contribution is -0.117. The lowest BCUT2D eigenvalue weighted by Crippen LogP contribution is -2.33. The van der Waals surface area contributed by atoms with E-state index in [0.717, 1.165) is 30.3 Å². The summed E-state index contributed by atoms with van der Waals surface area (Å²) in [5, 5.41) is 2.91. The first-order valence-electron chi connectivity index (χ1n) is 7.53. The lowest BCUT2D eigenvalue weighted by atomic mass is 10.2. The maximum atomic E-state index is 12.0. The Labute approximate surface area is 126 Å². The first kappa shape index (κ1) is 15.9. The van der Waals surface area contributed by atoms with Gasteiger partial charge in [0.05, 0.1) is 13.2 Å². The number of nitrogens with one attached hydrogen (secondary N) is 1. The molecule has 1 aromatic rings. The number of benzene rings is 1. The molecular weight excluding hydrogens is 266 g/mol. The number of para-hydroxylation sites is 1. The van der Waals surface area contributed by atoms with Crippen molar-refractivity contribution in [2.75, 3.05) is 38.7 Å². The second-order valence-electron chi connectivity index (χ2n) is 5.67. The van der Waals surface area contributed by atoms with Gasteiger partial charge in [0.1, 0.15) is 0 Å². The average molecular weight is 291 g/mol. The maximum Gasteiger partial charge on any atom is 0.238 e. The van der Waals surface area contributed by atoms with Gasteiger partial charge in [-0.25, -0.2) is 0 Å². The molecule has 0 unspecified atom stereocenters. The number of hydrogen-bond acceptors (Lipinski definition) is 4. The highest BCUT2D eigenvalue weighted by Crippen LogP contribution is 2.28. The molecule has 1 aromatic carbocycles. The Morgan fingerprint density at radius 2 is 2.19 bits per heavy atom. The minimum atomic E-state index is -0.0272. The molecule has 0 heterocycles. The zero-order chi connectivity index (χ0) is 15.1. The topological polar surface area (TPSA) is 67.6 Å². The van der Waals surface area contributed by atoms with E-state index >= 15 is 0 Å². The van der Waals surface area contributed by atoms with Crippen LogP contribution in [-0.4, -0.2) is 44.2 Å². The Morgan fingerprint density at radius 1 is 1.43 bits per heavy atom. The third kappa shape index (κ3) is 5.83. The van der Waals surface area contributed by atoms with Crippen molar-refractivity contribution in [1.82, 2.24) is 4.90 Å². The number of carbonyl (C=O) groups is 1. The fraction of sp³-hybridized carbons (Fsp3) is 0.562. The standard InChI is InChI=1S/C16H25N3O2/c1-19(8-9-21-12-13-6-7-13)11-16(20)18-15-5-3-2-4-14(15)10-17/h2-5,13H,6-12,17H2,1H3,(H,18,20). The van der Waals surface area contributed by atoms with Gasteiger partial charge in [0.15, 0.2) is 0 Å². The highest BCUT2D eigenvalue weighted by atomic mass is 16.5. The fourth-order valence-electron chi connectivity index (χ4n) is 2.09. The first-order valence-corrected chi connectivity index (χ1v) is 7.53. The van der Waals surface area contributed by atoms with E-state index in [1.807, 2.05) is 36.2 Å². The van der Waals surface area contributed by atoms with Crippen molar-refractivity contribution in [3.63, 3.8) is 0 Å². The van der Waals surface area contributed by atoms with Crippen LogP contribution in [0.3, 0.4) is 0 Å². The molecule has 116 valence electrons. The summed E-state index contributed by atoms with van der Waals surface area (Å²) in [6.45, 7) is 3.08. The average Bonchev–Trinajstić information content (AvgIpc) is 3.28. The molecule has 0 atom stereocenters. The molecule has 0 spiro atoms. The third-order valence-corrected chi connectivity index (χ3v) is 3.59. The van der Waals surface area contributed by atoms with E-state index in [1.54, 1.807) is 0 Å². The van der Waals surface area contributed by atoms with Crippen LogP contribution in [0.15, 0.2) is 24.3 Å². The summed E-state index contributed by atoms with van der Waals surface area (Å²) in [6, 6.07) is 7.61. The van der Waals surface area contributed by atoms with Crippen molar-refractivity contribution in [3.05, 3.63) is 29.8 Å². The highest BCUT2D eigenvalue weighted by molar-refractivity contribution is 5.92. The molecule has 0 radical (unpaired) electrons. The maximum absolute atomic E-state index is 12.0. The summed E-state index contributed by atoms with van der Waals surface area (Å²) in [7, 11) is 1.93. The van der Waals surface area contributed by atoms with E-state index in [1.165, 1.54) is 12.8 Å². The van der Waals surface area contributed by atoms with Gasteiger partial charge in [0.25, 0.3) is 0 Å². The van der Waals surface area contributed by atoms with Gasteiger partial charge in [-0.2, -0.15) is 0 Å². The molecule has 21 heavy (non-hydrogen) atoms. The van der Waals surface area contributed by atoms with E-state index in [4.69, 9.17) is 10.5 Å². The predicted molar refractivity (Wildman–Crippen MR) is 84.0 cm³/mol. The molecule has 3 N–H and O–H groups in total. The second-order valence-corrected chi connectivity index (χ2v) is 5.67. The number of nitrogens with zero attached hydrogens (tertiary/aromatic N) is 1. The van der Waals surface area contributed by atoms with Crippen LogP contribution in [0.5, 0.6) is 0 Å². The molecular formula is C16H25N3O2. The largest absolute Gasteiger partial charge is 0.380 e. The Bertz CT molecular complexity index is 461. The molecule has 1 saturated carbocycles. The van der Waals surface area contributed by atoms with Gasteiger partial charge < -0.3 is 15.8 Å². The summed E-state index contributed by atoms with van der Waals surface area (Å²) in [5.41, 5.74) is 7.40. The lowest BCUT2D eigenvalue weighted by Gasteiger charge is -2.17. The van der Waals surface area contributed by atoms with Crippen LogP contribution in [-0.2, 0) is 16.1 Å².